The number of hydrogen-bond acceptors (Lipinski definition) is 6. The summed E-state index contributed by atoms with van der Waals surface area (Å²) >= 11 is 0. The largest absolute Gasteiger partial charge is 0.507 e. The number of ketones is 1. The van der Waals surface area contributed by atoms with Crippen LogP contribution in [-0.2, 0) is 23.2 Å². The third-order valence-electron chi connectivity index (χ3n) is 7.47. The number of phenols is 1. The van der Waals surface area contributed by atoms with Crippen molar-refractivity contribution in [2.24, 2.45) is 5.92 Å². The standard InChI is InChI=1S/C26H28O6/c1-13-3-5-14(6-4-13)16-10-17-9-15-7-8-18-23(29)24(30)20(12-27)32-26(18,2)22(15)25(31)21(17)19(28)11-16/h3-6,9,11,18,20,23-24,27,29-31H,7-8,10,12H2,1-2H3/t18-,20?,23?,24-,26-/m1/s1. The van der Waals surface area contributed by atoms with Crippen molar-refractivity contribution >= 4 is 11.4 Å². The molecule has 2 aromatic carbocycles. The lowest BCUT2D eigenvalue weighted by atomic mass is 9.65. The van der Waals surface area contributed by atoms with E-state index in [1.807, 2.05) is 37.3 Å². The van der Waals surface area contributed by atoms with Gasteiger partial charge >= 0.3 is 0 Å². The number of aliphatic hydroxyl groups excluding tert-OH is 3. The smallest absolute Gasteiger partial charge is 0.190 e. The Labute approximate surface area is 186 Å². The van der Waals surface area contributed by atoms with E-state index in [1.54, 1.807) is 13.0 Å². The molecule has 4 N–H and O–H groups in total. The fourth-order valence-electron chi connectivity index (χ4n) is 5.79. The number of benzene rings is 2. The second-order valence-electron chi connectivity index (χ2n) is 9.44. The predicted octanol–water partition coefficient (Wildman–Crippen LogP) is 2.41. The van der Waals surface area contributed by atoms with Crippen LogP contribution in [0.3, 0.4) is 0 Å². The van der Waals surface area contributed by atoms with Crippen molar-refractivity contribution in [3.63, 3.8) is 0 Å². The number of ether oxygens (including phenoxy) is 1. The fraction of sp³-hybridized carbons (Fsp3) is 0.423. The van der Waals surface area contributed by atoms with E-state index in [0.717, 1.165) is 27.8 Å². The van der Waals surface area contributed by atoms with Gasteiger partial charge in [-0.15, -0.1) is 0 Å². The minimum absolute atomic E-state index is 0.116. The van der Waals surface area contributed by atoms with Gasteiger partial charge in [-0.1, -0.05) is 35.9 Å². The molecule has 6 heteroatoms. The highest BCUT2D eigenvalue weighted by Gasteiger charge is 2.55. The maximum atomic E-state index is 13.1. The molecule has 0 radical (unpaired) electrons. The van der Waals surface area contributed by atoms with E-state index in [9.17, 15) is 25.2 Å². The van der Waals surface area contributed by atoms with Crippen LogP contribution in [0.5, 0.6) is 5.75 Å². The summed E-state index contributed by atoms with van der Waals surface area (Å²) in [6.45, 7) is 3.33. The second kappa shape index (κ2) is 7.52. The Morgan fingerprint density at radius 1 is 1.12 bits per heavy atom. The summed E-state index contributed by atoms with van der Waals surface area (Å²) in [7, 11) is 0. The summed E-state index contributed by atoms with van der Waals surface area (Å²) in [4.78, 5) is 13.1. The molecule has 3 aliphatic rings. The van der Waals surface area contributed by atoms with Crippen molar-refractivity contribution in [2.45, 2.75) is 57.0 Å². The first-order valence-electron chi connectivity index (χ1n) is 11.1. The highest BCUT2D eigenvalue weighted by molar-refractivity contribution is 6.14. The van der Waals surface area contributed by atoms with Gasteiger partial charge in [-0.2, -0.15) is 0 Å². The zero-order chi connectivity index (χ0) is 22.8. The Balaban J connectivity index is 1.60. The van der Waals surface area contributed by atoms with E-state index < -0.39 is 36.4 Å². The van der Waals surface area contributed by atoms with E-state index in [-0.39, 0.29) is 17.1 Å². The number of fused-ring (bicyclic) bond motifs is 4. The molecular weight excluding hydrogens is 408 g/mol. The molecule has 2 aliphatic carbocycles. The topological polar surface area (TPSA) is 107 Å². The third kappa shape index (κ3) is 3.05. The van der Waals surface area contributed by atoms with E-state index >= 15 is 0 Å². The third-order valence-corrected chi connectivity index (χ3v) is 7.47. The van der Waals surface area contributed by atoms with Crippen LogP contribution in [0.4, 0.5) is 0 Å². The Morgan fingerprint density at radius 3 is 2.53 bits per heavy atom. The number of allylic oxidation sites excluding steroid dienone is 2. The van der Waals surface area contributed by atoms with E-state index in [0.29, 0.717) is 24.8 Å². The monoisotopic (exact) mass is 436 g/mol. The van der Waals surface area contributed by atoms with Crippen molar-refractivity contribution in [2.75, 3.05) is 6.61 Å². The van der Waals surface area contributed by atoms with Crippen molar-refractivity contribution in [1.29, 1.82) is 0 Å². The molecule has 5 rings (SSSR count). The first-order chi connectivity index (χ1) is 15.2. The van der Waals surface area contributed by atoms with Gasteiger partial charge < -0.3 is 25.2 Å². The molecule has 0 amide bonds. The lowest BCUT2D eigenvalue weighted by Gasteiger charge is -2.52. The average Bonchev–Trinajstić information content (AvgIpc) is 2.76. The van der Waals surface area contributed by atoms with E-state index in [4.69, 9.17) is 4.74 Å². The number of aliphatic hydroxyl groups is 3. The molecule has 0 saturated carbocycles. The highest BCUT2D eigenvalue weighted by Crippen LogP contribution is 2.53. The average molecular weight is 437 g/mol. The van der Waals surface area contributed by atoms with E-state index in [2.05, 4.69) is 0 Å². The second-order valence-corrected chi connectivity index (χ2v) is 9.44. The molecule has 0 aromatic heterocycles. The van der Waals surface area contributed by atoms with Crippen LogP contribution in [0.1, 0.15) is 51.5 Å². The van der Waals surface area contributed by atoms with Crippen LogP contribution in [0, 0.1) is 12.8 Å². The molecule has 1 aliphatic heterocycles. The zero-order valence-electron chi connectivity index (χ0n) is 18.2. The molecule has 5 atom stereocenters. The highest BCUT2D eigenvalue weighted by atomic mass is 16.5. The summed E-state index contributed by atoms with van der Waals surface area (Å²) in [5.74, 6) is -0.841. The Hall–Kier alpha value is -2.51. The van der Waals surface area contributed by atoms with Crippen LogP contribution in [0.2, 0.25) is 0 Å². The van der Waals surface area contributed by atoms with Gasteiger partial charge in [-0.25, -0.2) is 0 Å². The maximum absolute atomic E-state index is 13.1. The number of carbonyl (C=O) groups excluding carboxylic acids is 1. The molecule has 6 nitrogen and oxygen atoms in total. The molecule has 1 heterocycles. The summed E-state index contributed by atoms with van der Waals surface area (Å²) in [5.41, 5.74) is 4.32. The van der Waals surface area contributed by atoms with Gasteiger partial charge in [0.25, 0.3) is 0 Å². The quantitative estimate of drug-likeness (QED) is 0.576. The lowest BCUT2D eigenvalue weighted by molar-refractivity contribution is -0.258. The number of hydrogen-bond donors (Lipinski definition) is 4. The Kier molecular flexibility index (Phi) is 5.02. The molecule has 2 aromatic rings. The predicted molar refractivity (Wildman–Crippen MR) is 118 cm³/mol. The van der Waals surface area contributed by atoms with Crippen LogP contribution < -0.4 is 0 Å². The van der Waals surface area contributed by atoms with Gasteiger partial charge in [0.1, 0.15) is 23.6 Å². The van der Waals surface area contributed by atoms with Crippen LogP contribution in [0.15, 0.2) is 36.4 Å². The van der Waals surface area contributed by atoms with Crippen molar-refractivity contribution in [1.82, 2.24) is 0 Å². The van der Waals surface area contributed by atoms with Gasteiger partial charge in [0.05, 0.1) is 18.3 Å². The first-order valence-corrected chi connectivity index (χ1v) is 11.1. The molecule has 1 saturated heterocycles. The molecule has 32 heavy (non-hydrogen) atoms. The van der Waals surface area contributed by atoms with Crippen molar-refractivity contribution in [3.05, 3.63) is 69.8 Å². The van der Waals surface area contributed by atoms with Gasteiger partial charge in [-0.3, -0.25) is 4.79 Å². The number of rotatable bonds is 2. The fourth-order valence-corrected chi connectivity index (χ4v) is 5.79. The molecule has 2 unspecified atom stereocenters. The Bertz CT molecular complexity index is 1120. The van der Waals surface area contributed by atoms with E-state index in [1.165, 1.54) is 0 Å². The van der Waals surface area contributed by atoms with Gasteiger partial charge in [-0.05, 0) is 61.4 Å². The number of carbonyl (C=O) groups is 1. The molecule has 0 spiro atoms. The number of aromatic hydroxyl groups is 1. The molecule has 168 valence electrons. The van der Waals surface area contributed by atoms with Crippen LogP contribution in [0.25, 0.3) is 5.57 Å². The van der Waals surface area contributed by atoms with Crippen molar-refractivity contribution < 1.29 is 30.0 Å². The van der Waals surface area contributed by atoms with Crippen LogP contribution in [-0.4, -0.2) is 51.1 Å². The first kappa shape index (κ1) is 21.3. The Morgan fingerprint density at radius 2 is 1.84 bits per heavy atom. The lowest BCUT2D eigenvalue weighted by Crippen LogP contribution is -2.60. The maximum Gasteiger partial charge on any atom is 0.190 e. The summed E-state index contributed by atoms with van der Waals surface area (Å²) in [6.07, 6.45) is -0.0149. The van der Waals surface area contributed by atoms with Gasteiger partial charge in [0.15, 0.2) is 5.78 Å². The summed E-state index contributed by atoms with van der Waals surface area (Å²) < 4.78 is 6.10. The summed E-state index contributed by atoms with van der Waals surface area (Å²) in [6, 6.07) is 10.00. The minimum atomic E-state index is -1.21. The SMILES string of the molecule is Cc1ccc(C2=CC(=O)c3c(cc4c(c3O)[C@]3(C)OC(CO)[C@@H](O)C(O)[C@H]3CC4)C2)cc1. The minimum Gasteiger partial charge on any atom is -0.507 e. The van der Waals surface area contributed by atoms with Crippen LogP contribution >= 0.6 is 0 Å². The zero-order valence-corrected chi connectivity index (χ0v) is 18.2. The molecule has 1 fully saturated rings. The van der Waals surface area contributed by atoms with Gasteiger partial charge in [0, 0.05) is 11.5 Å². The molecule has 0 bridgehead atoms. The number of phenolic OH excluding ortho intramolecular Hbond substituents is 1. The normalized spacial score (nSPS) is 31.4. The molecular formula is C26H28O6. The number of aryl methyl sites for hydroxylation is 2. The summed E-state index contributed by atoms with van der Waals surface area (Å²) in [5, 5.41) is 42.1. The van der Waals surface area contributed by atoms with Crippen molar-refractivity contribution in [3.8, 4) is 5.75 Å². The van der Waals surface area contributed by atoms with Gasteiger partial charge in [0.2, 0.25) is 0 Å².